The summed E-state index contributed by atoms with van der Waals surface area (Å²) in [5.74, 6) is -1.35. The maximum atomic E-state index is 12.0. The predicted molar refractivity (Wildman–Crippen MR) is 74.6 cm³/mol. The average Bonchev–Trinajstić information content (AvgIpc) is 2.45. The molecule has 8 heteroatoms. The van der Waals surface area contributed by atoms with Crippen LogP contribution in [0, 0.1) is 0 Å². The first-order valence-electron chi connectivity index (χ1n) is 7.15. The normalized spacial score (nSPS) is 18.3. The van der Waals surface area contributed by atoms with Crippen molar-refractivity contribution < 1.29 is 24.2 Å². The summed E-state index contributed by atoms with van der Waals surface area (Å²) >= 11 is 0. The summed E-state index contributed by atoms with van der Waals surface area (Å²) in [7, 11) is 0. The molecule has 1 atom stereocenters. The molecule has 0 aromatic carbocycles. The maximum Gasteiger partial charge on any atom is 0.318 e. The van der Waals surface area contributed by atoms with E-state index >= 15 is 0 Å². The molecule has 1 heterocycles. The number of ether oxygens (including phenoxy) is 1. The number of carboxylic acid groups (broad SMARTS) is 1. The minimum Gasteiger partial charge on any atom is -0.481 e. The molecule has 0 aliphatic carbocycles. The summed E-state index contributed by atoms with van der Waals surface area (Å²) in [6, 6.07) is -1.03. The number of aliphatic carboxylic acids is 1. The first kappa shape index (κ1) is 17.2. The Morgan fingerprint density at radius 3 is 2.62 bits per heavy atom. The van der Waals surface area contributed by atoms with Gasteiger partial charge in [0.25, 0.3) is 0 Å². The fraction of sp³-hybridized carbons (Fsp3) is 0.769. The Hall–Kier alpha value is -1.83. The molecule has 1 rings (SSSR count). The minimum atomic E-state index is -0.784. The van der Waals surface area contributed by atoms with Crippen LogP contribution in [0.5, 0.6) is 0 Å². The van der Waals surface area contributed by atoms with Crippen LogP contribution in [0.25, 0.3) is 0 Å². The first-order chi connectivity index (χ1) is 10.0. The number of nitrogens with zero attached hydrogens (tertiary/aromatic N) is 1. The molecule has 1 fully saturated rings. The van der Waals surface area contributed by atoms with Crippen molar-refractivity contribution in [1.29, 1.82) is 0 Å². The molecule has 3 amide bonds. The zero-order valence-corrected chi connectivity index (χ0v) is 12.0. The summed E-state index contributed by atoms with van der Waals surface area (Å²) in [6.07, 6.45) is 3.29. The molecule has 21 heavy (non-hydrogen) atoms. The van der Waals surface area contributed by atoms with Crippen LogP contribution in [-0.2, 0) is 14.3 Å². The molecular weight excluding hydrogens is 278 g/mol. The van der Waals surface area contributed by atoms with E-state index in [0.29, 0.717) is 26.1 Å². The predicted octanol–water partition coefficient (Wildman–Crippen LogP) is -0.0828. The van der Waals surface area contributed by atoms with Crippen molar-refractivity contribution in [3.8, 4) is 0 Å². The van der Waals surface area contributed by atoms with Gasteiger partial charge in [0, 0.05) is 19.5 Å². The number of urea groups is 1. The van der Waals surface area contributed by atoms with Gasteiger partial charge >= 0.3 is 12.0 Å². The zero-order chi connectivity index (χ0) is 15.7. The van der Waals surface area contributed by atoms with E-state index in [0.717, 1.165) is 19.3 Å². The fourth-order valence-corrected chi connectivity index (χ4v) is 2.13. The second-order valence-corrected chi connectivity index (χ2v) is 4.98. The number of nitrogens with two attached hydrogens (primary N) is 1. The van der Waals surface area contributed by atoms with Crippen LogP contribution in [0.4, 0.5) is 4.79 Å². The van der Waals surface area contributed by atoms with E-state index in [4.69, 9.17) is 15.6 Å². The fourth-order valence-electron chi connectivity index (χ4n) is 2.13. The zero-order valence-electron chi connectivity index (χ0n) is 12.0. The van der Waals surface area contributed by atoms with Gasteiger partial charge in [-0.1, -0.05) is 12.8 Å². The third-order valence-corrected chi connectivity index (χ3v) is 3.31. The SMILES string of the molecule is NC(=O)C1COCCN1C(=O)NCCCCCCC(=O)O. The number of hydrogen-bond donors (Lipinski definition) is 3. The number of carbonyl (C=O) groups excluding carboxylic acids is 2. The molecule has 0 bridgehead atoms. The molecule has 1 aliphatic rings. The van der Waals surface area contributed by atoms with Crippen molar-refractivity contribution in [2.75, 3.05) is 26.3 Å². The molecule has 1 unspecified atom stereocenters. The number of morpholine rings is 1. The average molecular weight is 301 g/mol. The maximum absolute atomic E-state index is 12.0. The quantitative estimate of drug-likeness (QED) is 0.541. The Kier molecular flexibility index (Phi) is 7.52. The van der Waals surface area contributed by atoms with Crippen LogP contribution in [0.2, 0.25) is 0 Å². The van der Waals surface area contributed by atoms with Crippen LogP contribution in [0.3, 0.4) is 0 Å². The van der Waals surface area contributed by atoms with Gasteiger partial charge in [0.05, 0.1) is 13.2 Å². The van der Waals surface area contributed by atoms with E-state index in [2.05, 4.69) is 5.32 Å². The smallest absolute Gasteiger partial charge is 0.318 e. The van der Waals surface area contributed by atoms with E-state index < -0.39 is 17.9 Å². The highest BCUT2D eigenvalue weighted by Gasteiger charge is 2.31. The highest BCUT2D eigenvalue weighted by Crippen LogP contribution is 2.07. The van der Waals surface area contributed by atoms with Crippen LogP contribution in [-0.4, -0.2) is 60.3 Å². The van der Waals surface area contributed by atoms with E-state index in [1.165, 1.54) is 4.90 Å². The van der Waals surface area contributed by atoms with E-state index in [-0.39, 0.29) is 19.1 Å². The number of unbranched alkanes of at least 4 members (excludes halogenated alkanes) is 3. The van der Waals surface area contributed by atoms with Crippen LogP contribution >= 0.6 is 0 Å². The van der Waals surface area contributed by atoms with E-state index in [1.807, 2.05) is 0 Å². The van der Waals surface area contributed by atoms with Crippen molar-refractivity contribution in [2.24, 2.45) is 5.73 Å². The van der Waals surface area contributed by atoms with E-state index in [9.17, 15) is 14.4 Å². The molecule has 1 aliphatic heterocycles. The number of amides is 3. The van der Waals surface area contributed by atoms with Gasteiger partial charge in [0.2, 0.25) is 5.91 Å². The Balaban J connectivity index is 2.17. The Morgan fingerprint density at radius 2 is 1.95 bits per heavy atom. The molecule has 0 spiro atoms. The summed E-state index contributed by atoms with van der Waals surface area (Å²) in [4.78, 5) is 34.9. The standard InChI is InChI=1S/C13H23N3O5/c14-12(19)10-9-21-8-7-16(10)13(20)15-6-4-2-1-3-5-11(17)18/h10H,1-9H2,(H2,14,19)(H,15,20)(H,17,18). The molecular formula is C13H23N3O5. The van der Waals surface area contributed by atoms with Gasteiger partial charge in [-0.3, -0.25) is 9.59 Å². The molecule has 1 saturated heterocycles. The summed E-state index contributed by atoms with van der Waals surface area (Å²) in [6.45, 7) is 1.37. The lowest BCUT2D eigenvalue weighted by molar-refractivity contribution is -0.137. The molecule has 0 saturated carbocycles. The second-order valence-electron chi connectivity index (χ2n) is 4.98. The van der Waals surface area contributed by atoms with Gasteiger partial charge in [-0.05, 0) is 12.8 Å². The Labute approximate surface area is 123 Å². The monoisotopic (exact) mass is 301 g/mol. The van der Waals surface area contributed by atoms with Crippen LogP contribution in [0.1, 0.15) is 32.1 Å². The van der Waals surface area contributed by atoms with Gasteiger partial charge in [-0.15, -0.1) is 0 Å². The number of rotatable bonds is 8. The highest BCUT2D eigenvalue weighted by molar-refractivity contribution is 5.86. The van der Waals surface area contributed by atoms with Crippen molar-refractivity contribution in [1.82, 2.24) is 10.2 Å². The van der Waals surface area contributed by atoms with Gasteiger partial charge in [0.1, 0.15) is 6.04 Å². The highest BCUT2D eigenvalue weighted by atomic mass is 16.5. The van der Waals surface area contributed by atoms with E-state index in [1.54, 1.807) is 0 Å². The molecule has 120 valence electrons. The largest absolute Gasteiger partial charge is 0.481 e. The summed E-state index contributed by atoms with van der Waals surface area (Å²) in [5.41, 5.74) is 5.24. The summed E-state index contributed by atoms with van der Waals surface area (Å²) < 4.78 is 5.14. The minimum absolute atomic E-state index is 0.137. The van der Waals surface area contributed by atoms with Crippen molar-refractivity contribution >= 4 is 17.9 Å². The van der Waals surface area contributed by atoms with Crippen LogP contribution in [0.15, 0.2) is 0 Å². The lowest BCUT2D eigenvalue weighted by Gasteiger charge is -2.33. The van der Waals surface area contributed by atoms with Crippen molar-refractivity contribution in [3.05, 3.63) is 0 Å². The number of primary amides is 1. The number of hydrogen-bond acceptors (Lipinski definition) is 4. The Morgan fingerprint density at radius 1 is 1.24 bits per heavy atom. The molecule has 8 nitrogen and oxygen atoms in total. The molecule has 0 aromatic heterocycles. The van der Waals surface area contributed by atoms with Gasteiger partial charge in [0.15, 0.2) is 0 Å². The molecule has 0 aromatic rings. The number of carboxylic acids is 1. The lowest BCUT2D eigenvalue weighted by atomic mass is 10.1. The molecule has 4 N–H and O–H groups in total. The number of carbonyl (C=O) groups is 3. The number of nitrogens with one attached hydrogen (secondary N) is 1. The topological polar surface area (TPSA) is 122 Å². The third-order valence-electron chi connectivity index (χ3n) is 3.31. The van der Waals surface area contributed by atoms with Gasteiger partial charge in [-0.25, -0.2) is 4.79 Å². The summed E-state index contributed by atoms with van der Waals surface area (Å²) in [5, 5.41) is 11.2. The Bertz CT molecular complexity index is 375. The first-order valence-corrected chi connectivity index (χ1v) is 7.15. The third kappa shape index (κ3) is 6.44. The van der Waals surface area contributed by atoms with Crippen molar-refractivity contribution in [2.45, 2.75) is 38.1 Å². The van der Waals surface area contributed by atoms with Crippen LogP contribution < -0.4 is 11.1 Å². The van der Waals surface area contributed by atoms with Crippen molar-refractivity contribution in [3.63, 3.8) is 0 Å². The second kappa shape index (κ2) is 9.17. The molecule has 0 radical (unpaired) electrons. The van der Waals surface area contributed by atoms with Gasteiger partial charge < -0.3 is 25.8 Å². The lowest BCUT2D eigenvalue weighted by Crippen LogP contribution is -2.57. The van der Waals surface area contributed by atoms with Gasteiger partial charge in [-0.2, -0.15) is 0 Å².